The lowest BCUT2D eigenvalue weighted by molar-refractivity contribution is -0.117. The van der Waals surface area contributed by atoms with Crippen LogP contribution in [0.25, 0.3) is 0 Å². The van der Waals surface area contributed by atoms with Crippen LogP contribution in [0.3, 0.4) is 0 Å². The normalized spacial score (nSPS) is 19.3. The zero-order valence-corrected chi connectivity index (χ0v) is 10.6. The van der Waals surface area contributed by atoms with Gasteiger partial charge in [-0.25, -0.2) is 4.39 Å². The van der Waals surface area contributed by atoms with Crippen LogP contribution in [-0.2, 0) is 11.2 Å². The average molecular weight is 254 g/mol. The first-order valence-corrected chi connectivity index (χ1v) is 6.72. The van der Waals surface area contributed by atoms with Gasteiger partial charge in [0.15, 0.2) is 11.6 Å². The molecule has 0 aliphatic carbocycles. The summed E-state index contributed by atoms with van der Waals surface area (Å²) in [6, 6.07) is 4.70. The first kappa shape index (κ1) is 12.4. The van der Waals surface area contributed by atoms with Crippen molar-refractivity contribution in [3.8, 4) is 5.75 Å². The third-order valence-electron chi connectivity index (χ3n) is 2.88. The summed E-state index contributed by atoms with van der Waals surface area (Å²) in [4.78, 5) is 11.9. The minimum Gasteiger partial charge on any atom is -0.494 e. The van der Waals surface area contributed by atoms with E-state index in [4.69, 9.17) is 4.74 Å². The minimum atomic E-state index is -0.406. The monoisotopic (exact) mass is 254 g/mol. The highest BCUT2D eigenvalue weighted by Gasteiger charge is 2.23. The molecule has 1 aromatic carbocycles. The number of hydrogen-bond acceptors (Lipinski definition) is 3. The Hall–Kier alpha value is -1.03. The molecule has 2 nitrogen and oxygen atoms in total. The van der Waals surface area contributed by atoms with Gasteiger partial charge in [-0.05, 0) is 36.3 Å². The van der Waals surface area contributed by atoms with Gasteiger partial charge in [0.05, 0.1) is 12.4 Å². The van der Waals surface area contributed by atoms with Gasteiger partial charge >= 0.3 is 0 Å². The van der Waals surface area contributed by atoms with E-state index in [9.17, 15) is 9.18 Å². The first-order chi connectivity index (χ1) is 8.20. The van der Waals surface area contributed by atoms with E-state index in [1.807, 2.05) is 0 Å². The lowest BCUT2D eigenvalue weighted by Crippen LogP contribution is -2.16. The molecule has 1 saturated heterocycles. The van der Waals surface area contributed by atoms with Crippen LogP contribution < -0.4 is 4.74 Å². The molecule has 1 unspecified atom stereocenters. The lowest BCUT2D eigenvalue weighted by atomic mass is 10.0. The highest BCUT2D eigenvalue weighted by molar-refractivity contribution is 8.00. The van der Waals surface area contributed by atoms with Crippen LogP contribution in [0.15, 0.2) is 18.2 Å². The molecule has 17 heavy (non-hydrogen) atoms. The van der Waals surface area contributed by atoms with Gasteiger partial charge < -0.3 is 4.74 Å². The van der Waals surface area contributed by atoms with Crippen molar-refractivity contribution in [1.29, 1.82) is 0 Å². The summed E-state index contributed by atoms with van der Waals surface area (Å²) in [6.07, 6.45) is 2.39. The van der Waals surface area contributed by atoms with Gasteiger partial charge in [-0.2, -0.15) is 11.8 Å². The molecule has 1 aromatic rings. The maximum absolute atomic E-state index is 13.4. The Morgan fingerprint density at radius 2 is 2.41 bits per heavy atom. The summed E-state index contributed by atoms with van der Waals surface area (Å²) in [5.41, 5.74) is 0.723. The fourth-order valence-corrected chi connectivity index (χ4v) is 3.19. The van der Waals surface area contributed by atoms with Crippen LogP contribution in [-0.4, -0.2) is 23.9 Å². The fourth-order valence-electron chi connectivity index (χ4n) is 1.97. The van der Waals surface area contributed by atoms with Crippen molar-refractivity contribution in [2.45, 2.75) is 24.5 Å². The molecular weight excluding hydrogens is 239 g/mol. The third-order valence-corrected chi connectivity index (χ3v) is 4.31. The van der Waals surface area contributed by atoms with Gasteiger partial charge in [0.2, 0.25) is 0 Å². The predicted molar refractivity (Wildman–Crippen MR) is 67.1 cm³/mol. The predicted octanol–water partition coefficient (Wildman–Crippen LogP) is 2.84. The molecule has 1 heterocycles. The van der Waals surface area contributed by atoms with E-state index in [0.29, 0.717) is 6.42 Å². The first-order valence-electron chi connectivity index (χ1n) is 5.67. The number of hydrogen-bond donors (Lipinski definition) is 0. The highest BCUT2D eigenvalue weighted by atomic mass is 32.2. The van der Waals surface area contributed by atoms with Crippen molar-refractivity contribution >= 4 is 17.5 Å². The lowest BCUT2D eigenvalue weighted by Gasteiger charge is -2.08. The molecule has 1 atom stereocenters. The standard InChI is InChI=1S/C13H15FO2S/c1-16-12-5-4-9(7-10(12)14)8-11(15)13-3-2-6-17-13/h4-5,7,13H,2-3,6,8H2,1H3. The number of methoxy groups -OCH3 is 1. The van der Waals surface area contributed by atoms with Crippen LogP contribution in [0.2, 0.25) is 0 Å². The summed E-state index contributed by atoms with van der Waals surface area (Å²) in [5.74, 6) is 1.08. The minimum absolute atomic E-state index is 0.111. The molecule has 92 valence electrons. The Labute approximate surface area is 105 Å². The number of rotatable bonds is 4. The molecule has 1 fully saturated rings. The quantitative estimate of drug-likeness (QED) is 0.826. The molecule has 0 saturated carbocycles. The van der Waals surface area contributed by atoms with Crippen molar-refractivity contribution in [1.82, 2.24) is 0 Å². The second-order valence-electron chi connectivity index (χ2n) is 4.11. The number of benzene rings is 1. The van der Waals surface area contributed by atoms with Crippen molar-refractivity contribution in [2.24, 2.45) is 0 Å². The molecule has 1 aliphatic rings. The highest BCUT2D eigenvalue weighted by Crippen LogP contribution is 2.28. The van der Waals surface area contributed by atoms with Crippen LogP contribution in [0.5, 0.6) is 5.75 Å². The number of Topliss-reactive ketones (excluding diaryl/α,β-unsaturated/α-hetero) is 1. The fraction of sp³-hybridized carbons (Fsp3) is 0.462. The largest absolute Gasteiger partial charge is 0.494 e. The van der Waals surface area contributed by atoms with Gasteiger partial charge in [0, 0.05) is 6.42 Å². The van der Waals surface area contributed by atoms with Gasteiger partial charge in [-0.3, -0.25) is 4.79 Å². The van der Waals surface area contributed by atoms with E-state index in [0.717, 1.165) is 24.2 Å². The molecule has 0 spiro atoms. The van der Waals surface area contributed by atoms with E-state index in [-0.39, 0.29) is 16.8 Å². The Bertz CT molecular complexity index is 414. The SMILES string of the molecule is COc1ccc(CC(=O)C2CCCS2)cc1F. The molecule has 0 N–H and O–H groups in total. The number of carbonyl (C=O) groups excluding carboxylic acids is 1. The van der Waals surface area contributed by atoms with Gasteiger partial charge in [0.25, 0.3) is 0 Å². The van der Waals surface area contributed by atoms with Crippen molar-refractivity contribution in [3.63, 3.8) is 0 Å². The Morgan fingerprint density at radius 3 is 3.00 bits per heavy atom. The van der Waals surface area contributed by atoms with E-state index in [1.165, 1.54) is 13.2 Å². The maximum atomic E-state index is 13.4. The van der Waals surface area contributed by atoms with Gasteiger partial charge in [0.1, 0.15) is 5.78 Å². The molecule has 0 bridgehead atoms. The average Bonchev–Trinajstić information content (AvgIpc) is 2.82. The molecular formula is C13H15FO2S. The van der Waals surface area contributed by atoms with E-state index in [2.05, 4.69) is 0 Å². The smallest absolute Gasteiger partial charge is 0.165 e. The summed E-state index contributed by atoms with van der Waals surface area (Å²) in [7, 11) is 1.43. The molecule has 2 rings (SSSR count). The van der Waals surface area contributed by atoms with E-state index in [1.54, 1.807) is 23.9 Å². The van der Waals surface area contributed by atoms with Crippen LogP contribution in [0, 0.1) is 5.82 Å². The van der Waals surface area contributed by atoms with Crippen LogP contribution >= 0.6 is 11.8 Å². The Kier molecular flexibility index (Phi) is 4.05. The molecule has 0 amide bonds. The van der Waals surface area contributed by atoms with Crippen molar-refractivity contribution in [3.05, 3.63) is 29.6 Å². The number of ketones is 1. The van der Waals surface area contributed by atoms with Crippen LogP contribution in [0.1, 0.15) is 18.4 Å². The van der Waals surface area contributed by atoms with Crippen LogP contribution in [0.4, 0.5) is 4.39 Å². The van der Waals surface area contributed by atoms with Crippen molar-refractivity contribution < 1.29 is 13.9 Å². The molecule has 1 aliphatic heterocycles. The topological polar surface area (TPSA) is 26.3 Å². The third kappa shape index (κ3) is 3.00. The van der Waals surface area contributed by atoms with Crippen molar-refractivity contribution in [2.75, 3.05) is 12.9 Å². The molecule has 0 aromatic heterocycles. The second kappa shape index (κ2) is 5.54. The van der Waals surface area contributed by atoms with E-state index >= 15 is 0 Å². The number of thioether (sulfide) groups is 1. The zero-order valence-electron chi connectivity index (χ0n) is 9.74. The Balaban J connectivity index is 2.03. The summed E-state index contributed by atoms with van der Waals surface area (Å²) in [5, 5.41) is 0.111. The maximum Gasteiger partial charge on any atom is 0.165 e. The summed E-state index contributed by atoms with van der Waals surface area (Å²) >= 11 is 1.71. The second-order valence-corrected chi connectivity index (χ2v) is 5.42. The van der Waals surface area contributed by atoms with Gasteiger partial charge in [-0.1, -0.05) is 6.07 Å². The molecule has 4 heteroatoms. The molecule has 0 radical (unpaired) electrons. The van der Waals surface area contributed by atoms with E-state index < -0.39 is 5.82 Å². The Morgan fingerprint density at radius 1 is 1.59 bits per heavy atom. The van der Waals surface area contributed by atoms with Gasteiger partial charge in [-0.15, -0.1) is 0 Å². The summed E-state index contributed by atoms with van der Waals surface area (Å²) < 4.78 is 18.3. The number of halogens is 1. The zero-order chi connectivity index (χ0) is 12.3. The number of ether oxygens (including phenoxy) is 1. The number of carbonyl (C=O) groups is 1. The summed E-state index contributed by atoms with van der Waals surface area (Å²) in [6.45, 7) is 0.